The number of guanidine groups is 1. The van der Waals surface area contributed by atoms with E-state index in [4.69, 9.17) is 10.5 Å². The van der Waals surface area contributed by atoms with E-state index >= 15 is 0 Å². The smallest absolute Gasteiger partial charge is 0.324 e. The molecule has 2 heterocycles. The van der Waals surface area contributed by atoms with Crippen molar-refractivity contribution in [3.8, 4) is 5.75 Å². The molecule has 0 atom stereocenters. The minimum Gasteiger partial charge on any atom is -0.494 e. The van der Waals surface area contributed by atoms with Crippen LogP contribution >= 0.6 is 0 Å². The standard InChI is InChI=1S/C25H37F2N5O3/c1-17-14-20(5-6-21(17)22(33)30-10-7-19-15-29-16-19)35-13-3-4-18-8-11-32(12-9-18)24(28)31-23(34)25(2,26)27/h5-6,14,18-19,29H,3-4,7-13,15-16H2,1-2H3,(H,30,33)(H2,28,31,34). The van der Waals surface area contributed by atoms with Gasteiger partial charge in [-0.15, -0.1) is 0 Å². The van der Waals surface area contributed by atoms with Gasteiger partial charge in [-0.3, -0.25) is 9.59 Å². The van der Waals surface area contributed by atoms with Gasteiger partial charge in [-0.1, -0.05) is 0 Å². The largest absolute Gasteiger partial charge is 0.494 e. The Morgan fingerprint density at radius 3 is 2.54 bits per heavy atom. The van der Waals surface area contributed by atoms with Gasteiger partial charge in [-0.05, 0) is 87.7 Å². The predicted octanol–water partition coefficient (Wildman–Crippen LogP) is 2.70. The molecular weight excluding hydrogens is 456 g/mol. The van der Waals surface area contributed by atoms with Crippen LogP contribution in [-0.4, -0.2) is 67.9 Å². The van der Waals surface area contributed by atoms with Crippen LogP contribution in [0, 0.1) is 18.8 Å². The maximum absolute atomic E-state index is 13.0. The molecule has 3 rings (SSSR count). The number of amides is 2. The summed E-state index contributed by atoms with van der Waals surface area (Å²) in [5, 5.41) is 6.23. The SMILES string of the molecule is Cc1cc(OCCCC2CCN(C(N)=NC(=O)C(C)(F)F)CC2)ccc1C(=O)NCCC1CNC1. The van der Waals surface area contributed by atoms with Crippen molar-refractivity contribution < 1.29 is 23.1 Å². The van der Waals surface area contributed by atoms with Crippen molar-refractivity contribution in [1.29, 1.82) is 0 Å². The van der Waals surface area contributed by atoms with Gasteiger partial charge in [0.05, 0.1) is 6.61 Å². The summed E-state index contributed by atoms with van der Waals surface area (Å²) in [5.41, 5.74) is 7.29. The number of rotatable bonds is 10. The average Bonchev–Trinajstić information content (AvgIpc) is 2.78. The highest BCUT2D eigenvalue weighted by atomic mass is 19.3. The number of benzene rings is 1. The zero-order chi connectivity index (χ0) is 25.4. The molecule has 8 nitrogen and oxygen atoms in total. The van der Waals surface area contributed by atoms with E-state index in [0.717, 1.165) is 56.5 Å². The third-order valence-electron chi connectivity index (χ3n) is 6.70. The summed E-state index contributed by atoms with van der Waals surface area (Å²) in [4.78, 5) is 28.8. The Morgan fingerprint density at radius 2 is 1.94 bits per heavy atom. The Morgan fingerprint density at radius 1 is 1.23 bits per heavy atom. The summed E-state index contributed by atoms with van der Waals surface area (Å²) < 4.78 is 31.9. The van der Waals surface area contributed by atoms with Crippen molar-refractivity contribution in [3.05, 3.63) is 29.3 Å². The first kappa shape index (κ1) is 26.8. The Kier molecular flexibility index (Phi) is 9.42. The summed E-state index contributed by atoms with van der Waals surface area (Å²) in [6.07, 6.45) is 4.57. The fourth-order valence-corrected chi connectivity index (χ4v) is 4.30. The second-order valence-electron chi connectivity index (χ2n) is 9.63. The van der Waals surface area contributed by atoms with E-state index in [9.17, 15) is 18.4 Å². The third-order valence-corrected chi connectivity index (χ3v) is 6.70. The molecule has 0 aromatic heterocycles. The van der Waals surface area contributed by atoms with Crippen LogP contribution < -0.4 is 21.1 Å². The zero-order valence-electron chi connectivity index (χ0n) is 20.6. The van der Waals surface area contributed by atoms with Gasteiger partial charge in [-0.2, -0.15) is 13.8 Å². The van der Waals surface area contributed by atoms with E-state index in [2.05, 4.69) is 15.6 Å². The molecule has 2 saturated heterocycles. The predicted molar refractivity (Wildman–Crippen MR) is 131 cm³/mol. The van der Waals surface area contributed by atoms with Crippen molar-refractivity contribution >= 4 is 17.8 Å². The molecule has 194 valence electrons. The number of aryl methyl sites for hydroxylation is 1. The van der Waals surface area contributed by atoms with Gasteiger partial charge in [0.1, 0.15) is 5.75 Å². The highest BCUT2D eigenvalue weighted by Crippen LogP contribution is 2.23. The molecule has 2 aliphatic heterocycles. The fourth-order valence-electron chi connectivity index (χ4n) is 4.30. The van der Waals surface area contributed by atoms with Crippen molar-refractivity contribution in [2.75, 3.05) is 39.3 Å². The van der Waals surface area contributed by atoms with Gasteiger partial charge in [0.15, 0.2) is 5.96 Å². The number of nitrogens with zero attached hydrogens (tertiary/aromatic N) is 2. The highest BCUT2D eigenvalue weighted by molar-refractivity contribution is 5.96. The van der Waals surface area contributed by atoms with E-state index in [0.29, 0.717) is 50.6 Å². The molecule has 0 radical (unpaired) electrons. The number of alkyl halides is 2. The summed E-state index contributed by atoms with van der Waals surface area (Å²) in [6, 6.07) is 5.54. The van der Waals surface area contributed by atoms with Gasteiger partial charge in [-0.25, -0.2) is 0 Å². The quantitative estimate of drug-likeness (QED) is 0.263. The van der Waals surface area contributed by atoms with Crippen molar-refractivity contribution in [2.45, 2.75) is 51.9 Å². The number of halogens is 2. The van der Waals surface area contributed by atoms with Crippen LogP contribution in [0.5, 0.6) is 5.75 Å². The van der Waals surface area contributed by atoms with Crippen molar-refractivity contribution in [3.63, 3.8) is 0 Å². The lowest BCUT2D eigenvalue weighted by Gasteiger charge is -2.32. The Bertz CT molecular complexity index is 907. The van der Waals surface area contributed by atoms with Crippen LogP contribution in [0.2, 0.25) is 0 Å². The lowest BCUT2D eigenvalue weighted by Crippen LogP contribution is -2.44. The molecule has 0 saturated carbocycles. The molecule has 0 aliphatic carbocycles. The maximum atomic E-state index is 13.0. The average molecular weight is 494 g/mol. The number of carbonyl (C=O) groups excluding carboxylic acids is 2. The fraction of sp³-hybridized carbons (Fsp3) is 0.640. The van der Waals surface area contributed by atoms with E-state index in [-0.39, 0.29) is 11.9 Å². The molecule has 0 bridgehead atoms. The van der Waals surface area contributed by atoms with Gasteiger partial charge in [0.2, 0.25) is 0 Å². The number of hydrogen-bond donors (Lipinski definition) is 3. The van der Waals surface area contributed by atoms with Gasteiger partial charge in [0, 0.05) is 32.1 Å². The first-order valence-electron chi connectivity index (χ1n) is 12.4. The normalized spacial score (nSPS) is 17.7. The van der Waals surface area contributed by atoms with Crippen LogP contribution in [0.1, 0.15) is 54.9 Å². The molecule has 1 aromatic carbocycles. The topological polar surface area (TPSA) is 109 Å². The van der Waals surface area contributed by atoms with Gasteiger partial charge < -0.3 is 26.0 Å². The van der Waals surface area contributed by atoms with Crippen LogP contribution in [0.25, 0.3) is 0 Å². The third kappa shape index (κ3) is 8.16. The summed E-state index contributed by atoms with van der Waals surface area (Å²) in [7, 11) is 0. The lowest BCUT2D eigenvalue weighted by molar-refractivity contribution is -0.139. The molecule has 2 fully saturated rings. The number of hydrogen-bond acceptors (Lipinski definition) is 4. The molecule has 4 N–H and O–H groups in total. The summed E-state index contributed by atoms with van der Waals surface area (Å²) in [6.45, 7) is 6.94. The number of piperidine rings is 1. The van der Waals surface area contributed by atoms with E-state index < -0.39 is 11.8 Å². The summed E-state index contributed by atoms with van der Waals surface area (Å²) >= 11 is 0. The molecule has 35 heavy (non-hydrogen) atoms. The highest BCUT2D eigenvalue weighted by Gasteiger charge is 2.33. The van der Waals surface area contributed by atoms with Crippen LogP contribution in [-0.2, 0) is 4.79 Å². The summed E-state index contributed by atoms with van der Waals surface area (Å²) in [5.74, 6) is -3.32. The number of nitrogens with one attached hydrogen (secondary N) is 2. The van der Waals surface area contributed by atoms with E-state index in [1.54, 1.807) is 4.90 Å². The number of aliphatic imine (C=N–C) groups is 1. The molecule has 2 aliphatic rings. The minimum absolute atomic E-state index is 0.0499. The second kappa shape index (κ2) is 12.3. The number of ether oxygens (including phenoxy) is 1. The van der Waals surface area contributed by atoms with Crippen molar-refractivity contribution in [2.24, 2.45) is 22.6 Å². The monoisotopic (exact) mass is 493 g/mol. The Labute approximate surface area is 205 Å². The molecule has 2 amide bonds. The van der Waals surface area contributed by atoms with Crippen molar-refractivity contribution in [1.82, 2.24) is 15.5 Å². The zero-order valence-corrected chi connectivity index (χ0v) is 20.6. The first-order chi connectivity index (χ1) is 16.6. The molecule has 0 unspecified atom stereocenters. The number of nitrogens with two attached hydrogens (primary N) is 1. The Balaban J connectivity index is 1.33. The molecule has 10 heteroatoms. The Hall–Kier alpha value is -2.75. The van der Waals surface area contributed by atoms with Gasteiger partial charge >= 0.3 is 11.8 Å². The van der Waals surface area contributed by atoms with Crippen LogP contribution in [0.15, 0.2) is 23.2 Å². The second-order valence-corrected chi connectivity index (χ2v) is 9.63. The van der Waals surface area contributed by atoms with Crippen LogP contribution in [0.3, 0.4) is 0 Å². The molecule has 0 spiro atoms. The first-order valence-corrected chi connectivity index (χ1v) is 12.4. The van der Waals surface area contributed by atoms with Gasteiger partial charge in [0.25, 0.3) is 5.91 Å². The number of carbonyl (C=O) groups is 2. The van der Waals surface area contributed by atoms with E-state index in [1.807, 2.05) is 25.1 Å². The van der Waals surface area contributed by atoms with Crippen LogP contribution in [0.4, 0.5) is 8.78 Å². The minimum atomic E-state index is -3.51. The van der Waals surface area contributed by atoms with E-state index in [1.165, 1.54) is 0 Å². The number of likely N-dealkylation sites (tertiary alicyclic amines) is 1. The maximum Gasteiger partial charge on any atom is 0.324 e. The molecular formula is C25H37F2N5O3. The lowest BCUT2D eigenvalue weighted by atomic mass is 9.92. The molecule has 1 aromatic rings.